The zero-order valence-corrected chi connectivity index (χ0v) is 36.4. The monoisotopic (exact) mass is 905 g/mol. The second-order valence-electron chi connectivity index (χ2n) is 19.0. The third kappa shape index (κ3) is 8.29. The molecule has 4 fully saturated rings. The molecule has 0 bridgehead atoms. The van der Waals surface area contributed by atoms with Gasteiger partial charge in [-0.05, 0) is 108 Å². The van der Waals surface area contributed by atoms with Gasteiger partial charge < -0.3 is 15.3 Å². The SMILES string of the molecule is Cn1c(=O)n(C2CCC(=O)NC2=O)c2cccc(N3CCC4(CCN(CC5CCC(n6cc7cc(NC(=O)c8cncc(C(F)(F)F)c8)c(C(C)(C)O)cc7n6)CC5)CC4(F)F)CC3)c21. The van der Waals surface area contributed by atoms with Gasteiger partial charge in [0.25, 0.3) is 11.8 Å². The average molecular weight is 906 g/mol. The number of aromatic nitrogens is 5. The molecule has 3 amide bonds. The largest absolute Gasteiger partial charge is 0.417 e. The van der Waals surface area contributed by atoms with E-state index in [2.05, 4.69) is 20.5 Å². The smallest absolute Gasteiger partial charge is 0.386 e. The van der Waals surface area contributed by atoms with Gasteiger partial charge in [-0.15, -0.1) is 0 Å². The van der Waals surface area contributed by atoms with Crippen LogP contribution in [-0.4, -0.2) is 90.3 Å². The second-order valence-corrected chi connectivity index (χ2v) is 19.0. The van der Waals surface area contributed by atoms with E-state index in [1.165, 1.54) is 23.0 Å². The number of carbonyl (C=O) groups excluding carboxylic acids is 3. The van der Waals surface area contributed by atoms with Crippen LogP contribution in [0.5, 0.6) is 0 Å². The normalized spacial score (nSPS) is 23.0. The van der Waals surface area contributed by atoms with Crippen LogP contribution in [-0.2, 0) is 28.4 Å². The summed E-state index contributed by atoms with van der Waals surface area (Å²) in [5, 5.41) is 21.5. The summed E-state index contributed by atoms with van der Waals surface area (Å²) in [6.07, 6.45) is 3.40. The maximum Gasteiger partial charge on any atom is 0.417 e. The van der Waals surface area contributed by atoms with Gasteiger partial charge >= 0.3 is 11.9 Å². The van der Waals surface area contributed by atoms with E-state index in [-0.39, 0.29) is 54.2 Å². The number of para-hydroxylation sites is 1. The Labute approximate surface area is 370 Å². The number of piperidine rings is 3. The highest BCUT2D eigenvalue weighted by molar-refractivity contribution is 6.06. The fraction of sp³-hybridized carbons (Fsp3) is 0.522. The van der Waals surface area contributed by atoms with Gasteiger partial charge in [0.05, 0.1) is 51.6 Å². The summed E-state index contributed by atoms with van der Waals surface area (Å²) >= 11 is 0. The topological polar surface area (TPSA) is 160 Å². The molecule has 1 spiro atoms. The first-order chi connectivity index (χ1) is 30.7. The number of rotatable bonds is 8. The van der Waals surface area contributed by atoms with Gasteiger partial charge in [-0.25, -0.2) is 13.6 Å². The van der Waals surface area contributed by atoms with Crippen LogP contribution < -0.4 is 21.2 Å². The molecule has 2 aromatic carbocycles. The van der Waals surface area contributed by atoms with Crippen molar-refractivity contribution in [3.8, 4) is 0 Å². The number of benzene rings is 2. The lowest BCUT2D eigenvalue weighted by molar-refractivity contribution is -0.179. The van der Waals surface area contributed by atoms with Crippen LogP contribution in [0.4, 0.5) is 33.3 Å². The highest BCUT2D eigenvalue weighted by atomic mass is 19.4. The van der Waals surface area contributed by atoms with Gasteiger partial charge in [0.1, 0.15) is 6.04 Å². The predicted molar refractivity (Wildman–Crippen MR) is 232 cm³/mol. The van der Waals surface area contributed by atoms with E-state index in [0.717, 1.165) is 43.6 Å². The molecule has 3 N–H and O–H groups in total. The van der Waals surface area contributed by atoms with E-state index in [4.69, 9.17) is 5.10 Å². The van der Waals surface area contributed by atoms with Crippen molar-refractivity contribution in [1.29, 1.82) is 0 Å². The first kappa shape index (κ1) is 44.5. The van der Waals surface area contributed by atoms with Gasteiger partial charge in [0.15, 0.2) is 0 Å². The Hall–Kier alpha value is -5.69. The van der Waals surface area contributed by atoms with E-state index >= 15 is 8.78 Å². The van der Waals surface area contributed by atoms with E-state index in [9.17, 15) is 37.5 Å². The van der Waals surface area contributed by atoms with Crippen molar-refractivity contribution < 1.29 is 41.4 Å². The summed E-state index contributed by atoms with van der Waals surface area (Å²) in [5.41, 5.74) is -1.20. The minimum absolute atomic E-state index is 0.0407. The quantitative estimate of drug-likeness (QED) is 0.111. The molecule has 1 saturated carbocycles. The Morgan fingerprint density at radius 1 is 0.969 bits per heavy atom. The Bertz CT molecular complexity index is 2740. The van der Waals surface area contributed by atoms with Crippen molar-refractivity contribution in [3.63, 3.8) is 0 Å². The number of nitrogens with one attached hydrogen (secondary N) is 2. The first-order valence-electron chi connectivity index (χ1n) is 22.2. The predicted octanol–water partition coefficient (Wildman–Crippen LogP) is 6.92. The summed E-state index contributed by atoms with van der Waals surface area (Å²) in [4.78, 5) is 58.8. The lowest BCUT2D eigenvalue weighted by atomic mass is 9.68. The van der Waals surface area contributed by atoms with Crippen LogP contribution in [0.1, 0.15) is 105 Å². The number of pyridine rings is 1. The molecule has 3 aromatic heterocycles. The summed E-state index contributed by atoms with van der Waals surface area (Å²) < 4.78 is 77.5. The number of nitrogens with zero attached hydrogens (tertiary/aromatic N) is 7. The fourth-order valence-electron chi connectivity index (χ4n) is 10.7. The number of carbonyl (C=O) groups is 3. The highest BCUT2D eigenvalue weighted by Gasteiger charge is 2.57. The van der Waals surface area contributed by atoms with Crippen LogP contribution in [0.15, 0.2) is 59.8 Å². The third-order valence-corrected chi connectivity index (χ3v) is 14.4. The molecule has 3 aliphatic heterocycles. The molecule has 19 heteroatoms. The van der Waals surface area contributed by atoms with Crippen molar-refractivity contribution in [1.82, 2.24) is 34.1 Å². The standard InChI is InChI=1S/C46H52F5N9O5/c1-43(2,65)32-21-33-29(20-34(32)53-40(62)28-19-30(23-52-22-28)46(49,50)51)25-59(55-33)31-9-7-27(8-10-31)24-57-16-13-44(45(47,48)26-57)14-17-58(18-15-44)35-5-4-6-36-39(35)56(3)42(64)60(36)37-11-12-38(61)54-41(37)63/h4-6,19-23,25,27,31,37,65H,7-18,24,26H2,1-3H3,(H,53,62)(H,54,61,63). The number of imide groups is 1. The van der Waals surface area contributed by atoms with Gasteiger partial charge in [-0.2, -0.15) is 18.3 Å². The van der Waals surface area contributed by atoms with Crippen LogP contribution in [0, 0.1) is 11.3 Å². The number of fused-ring (bicyclic) bond motifs is 2. The number of amides is 3. The number of hydrogen-bond donors (Lipinski definition) is 3. The molecule has 1 atom stereocenters. The van der Waals surface area contributed by atoms with Crippen molar-refractivity contribution in [2.75, 3.05) is 42.9 Å². The molecular formula is C46H52F5N9O5. The molecule has 346 valence electrons. The van der Waals surface area contributed by atoms with Crippen molar-refractivity contribution in [2.45, 2.75) is 101 Å². The van der Waals surface area contributed by atoms with Gasteiger partial charge in [-0.3, -0.25) is 43.4 Å². The number of halogens is 5. The minimum Gasteiger partial charge on any atom is -0.386 e. The van der Waals surface area contributed by atoms with E-state index in [0.29, 0.717) is 79.1 Å². The minimum atomic E-state index is -4.68. The number of anilines is 2. The number of imidazole rings is 1. The molecule has 65 heavy (non-hydrogen) atoms. The van der Waals surface area contributed by atoms with Crippen LogP contribution in [0.25, 0.3) is 21.9 Å². The van der Waals surface area contributed by atoms with E-state index in [1.54, 1.807) is 25.2 Å². The summed E-state index contributed by atoms with van der Waals surface area (Å²) in [6.45, 7) is 4.71. The zero-order valence-electron chi connectivity index (χ0n) is 36.4. The lowest BCUT2D eigenvalue weighted by Gasteiger charge is -2.52. The number of alkyl halides is 5. The lowest BCUT2D eigenvalue weighted by Crippen LogP contribution is -2.59. The Balaban J connectivity index is 0.818. The third-order valence-electron chi connectivity index (χ3n) is 14.4. The van der Waals surface area contributed by atoms with E-state index < -0.39 is 46.5 Å². The van der Waals surface area contributed by atoms with E-state index in [1.807, 2.05) is 27.9 Å². The van der Waals surface area contributed by atoms with Gasteiger partial charge in [0, 0.05) is 73.7 Å². The van der Waals surface area contributed by atoms with Gasteiger partial charge in [0.2, 0.25) is 11.8 Å². The maximum atomic E-state index is 16.4. The molecule has 0 radical (unpaired) electrons. The highest BCUT2D eigenvalue weighted by Crippen LogP contribution is 2.52. The first-order valence-corrected chi connectivity index (χ1v) is 22.2. The molecule has 3 saturated heterocycles. The number of likely N-dealkylation sites (tertiary alicyclic amines) is 1. The van der Waals surface area contributed by atoms with Crippen molar-refractivity contribution >= 4 is 51.0 Å². The Kier molecular flexibility index (Phi) is 11.2. The van der Waals surface area contributed by atoms with Gasteiger partial charge in [-0.1, -0.05) is 6.07 Å². The fourth-order valence-corrected chi connectivity index (χ4v) is 10.7. The Morgan fingerprint density at radius 2 is 1.69 bits per heavy atom. The molecule has 6 heterocycles. The number of hydrogen-bond acceptors (Lipinski definition) is 9. The number of aliphatic hydroxyl groups is 1. The average Bonchev–Trinajstić information content (AvgIpc) is 3.79. The van der Waals surface area contributed by atoms with Crippen LogP contribution in [0.3, 0.4) is 0 Å². The van der Waals surface area contributed by atoms with Crippen LogP contribution >= 0.6 is 0 Å². The molecule has 1 aliphatic carbocycles. The summed E-state index contributed by atoms with van der Waals surface area (Å²) in [7, 11) is 1.64. The summed E-state index contributed by atoms with van der Waals surface area (Å²) in [5.74, 6) is -4.37. The molecular weight excluding hydrogens is 854 g/mol. The van der Waals surface area contributed by atoms with Crippen molar-refractivity contribution in [2.24, 2.45) is 18.4 Å². The molecule has 1 unspecified atom stereocenters. The second kappa shape index (κ2) is 16.3. The molecule has 14 nitrogen and oxygen atoms in total. The Morgan fingerprint density at radius 3 is 2.37 bits per heavy atom. The van der Waals surface area contributed by atoms with Crippen molar-refractivity contribution in [3.05, 3.63) is 82.2 Å². The molecule has 5 aromatic rings. The molecule has 9 rings (SSSR count). The van der Waals surface area contributed by atoms with Crippen LogP contribution in [0.2, 0.25) is 0 Å². The number of aryl methyl sites for hydroxylation is 1. The summed E-state index contributed by atoms with van der Waals surface area (Å²) in [6, 6.07) is 8.73. The maximum absolute atomic E-state index is 16.4. The molecule has 4 aliphatic rings. The zero-order chi connectivity index (χ0) is 46.2.